The molecule has 1 unspecified atom stereocenters. The van der Waals surface area contributed by atoms with E-state index in [1.165, 1.54) is 6.07 Å². The SMILES string of the molecule is Cc1cc(OCC(O)C(C)C)ccc1F. The van der Waals surface area contributed by atoms with Crippen LogP contribution in [0.15, 0.2) is 18.2 Å². The lowest BCUT2D eigenvalue weighted by Gasteiger charge is -2.15. The van der Waals surface area contributed by atoms with Crippen molar-refractivity contribution in [2.75, 3.05) is 6.61 Å². The fraction of sp³-hybridized carbons (Fsp3) is 0.500. The molecule has 0 spiro atoms. The van der Waals surface area contributed by atoms with E-state index < -0.39 is 6.10 Å². The standard InChI is InChI=1S/C12H17FO2/c1-8(2)12(14)7-15-10-4-5-11(13)9(3)6-10/h4-6,8,12,14H,7H2,1-3H3. The smallest absolute Gasteiger partial charge is 0.126 e. The third kappa shape index (κ3) is 3.51. The Labute approximate surface area is 89.7 Å². The molecule has 0 aliphatic carbocycles. The molecule has 0 saturated heterocycles. The average molecular weight is 212 g/mol. The Balaban J connectivity index is 2.55. The van der Waals surface area contributed by atoms with Gasteiger partial charge in [0, 0.05) is 0 Å². The summed E-state index contributed by atoms with van der Waals surface area (Å²) in [4.78, 5) is 0. The van der Waals surface area contributed by atoms with Gasteiger partial charge in [-0.2, -0.15) is 0 Å². The van der Waals surface area contributed by atoms with Crippen molar-refractivity contribution < 1.29 is 14.2 Å². The van der Waals surface area contributed by atoms with Crippen molar-refractivity contribution in [1.82, 2.24) is 0 Å². The number of aliphatic hydroxyl groups is 1. The lowest BCUT2D eigenvalue weighted by molar-refractivity contribution is 0.0701. The maximum Gasteiger partial charge on any atom is 0.126 e. The molecule has 84 valence electrons. The number of ether oxygens (including phenoxy) is 1. The summed E-state index contributed by atoms with van der Waals surface area (Å²) >= 11 is 0. The van der Waals surface area contributed by atoms with Gasteiger partial charge in [-0.15, -0.1) is 0 Å². The second-order valence-corrected chi connectivity index (χ2v) is 4.03. The van der Waals surface area contributed by atoms with Crippen molar-refractivity contribution in [3.8, 4) is 5.75 Å². The number of aliphatic hydroxyl groups excluding tert-OH is 1. The van der Waals surface area contributed by atoms with Crippen molar-refractivity contribution >= 4 is 0 Å². The van der Waals surface area contributed by atoms with Crippen LogP contribution in [0.4, 0.5) is 4.39 Å². The average Bonchev–Trinajstić information content (AvgIpc) is 2.19. The summed E-state index contributed by atoms with van der Waals surface area (Å²) in [5.41, 5.74) is 0.548. The van der Waals surface area contributed by atoms with Gasteiger partial charge in [-0.25, -0.2) is 4.39 Å². The second-order valence-electron chi connectivity index (χ2n) is 4.03. The molecule has 3 heteroatoms. The zero-order valence-electron chi connectivity index (χ0n) is 9.33. The first-order valence-electron chi connectivity index (χ1n) is 5.07. The van der Waals surface area contributed by atoms with Crippen LogP contribution in [-0.2, 0) is 0 Å². The van der Waals surface area contributed by atoms with Crippen molar-refractivity contribution in [3.63, 3.8) is 0 Å². The molecular formula is C12H17FO2. The first kappa shape index (κ1) is 12.0. The largest absolute Gasteiger partial charge is 0.491 e. The Morgan fingerprint density at radius 2 is 2.07 bits per heavy atom. The van der Waals surface area contributed by atoms with Gasteiger partial charge in [0.25, 0.3) is 0 Å². The minimum Gasteiger partial charge on any atom is -0.491 e. The molecule has 0 aromatic heterocycles. The van der Waals surface area contributed by atoms with Crippen LogP contribution in [0, 0.1) is 18.7 Å². The van der Waals surface area contributed by atoms with Crippen LogP contribution in [0.3, 0.4) is 0 Å². The van der Waals surface area contributed by atoms with E-state index in [1.54, 1.807) is 19.1 Å². The zero-order chi connectivity index (χ0) is 11.4. The molecule has 2 nitrogen and oxygen atoms in total. The van der Waals surface area contributed by atoms with E-state index in [9.17, 15) is 9.50 Å². The Hall–Kier alpha value is -1.09. The minimum absolute atomic E-state index is 0.159. The molecule has 1 atom stereocenters. The van der Waals surface area contributed by atoms with Gasteiger partial charge < -0.3 is 9.84 Å². The quantitative estimate of drug-likeness (QED) is 0.831. The van der Waals surface area contributed by atoms with E-state index in [4.69, 9.17) is 4.74 Å². The Morgan fingerprint density at radius 3 is 2.60 bits per heavy atom. The molecule has 0 saturated carbocycles. The van der Waals surface area contributed by atoms with E-state index in [0.717, 1.165) is 0 Å². The molecule has 0 bridgehead atoms. The number of hydrogen-bond donors (Lipinski definition) is 1. The molecule has 0 heterocycles. The molecule has 1 N–H and O–H groups in total. The van der Waals surface area contributed by atoms with Crippen LogP contribution < -0.4 is 4.74 Å². The number of aryl methyl sites for hydroxylation is 1. The predicted octanol–water partition coefficient (Wildman–Crippen LogP) is 2.53. The molecule has 1 aromatic rings. The normalized spacial score (nSPS) is 12.9. The van der Waals surface area contributed by atoms with Crippen molar-refractivity contribution in [2.24, 2.45) is 5.92 Å². The van der Waals surface area contributed by atoms with Crippen molar-refractivity contribution in [1.29, 1.82) is 0 Å². The summed E-state index contributed by atoms with van der Waals surface area (Å²) in [6, 6.07) is 4.56. The molecule has 0 radical (unpaired) electrons. The third-order valence-corrected chi connectivity index (χ3v) is 2.32. The van der Waals surface area contributed by atoms with Gasteiger partial charge in [0.15, 0.2) is 0 Å². The predicted molar refractivity (Wildman–Crippen MR) is 57.5 cm³/mol. The highest BCUT2D eigenvalue weighted by molar-refractivity contribution is 5.28. The molecule has 0 fully saturated rings. The van der Waals surface area contributed by atoms with Crippen LogP contribution in [-0.4, -0.2) is 17.8 Å². The summed E-state index contributed by atoms with van der Waals surface area (Å²) in [7, 11) is 0. The third-order valence-electron chi connectivity index (χ3n) is 2.32. The summed E-state index contributed by atoms with van der Waals surface area (Å²) in [6.07, 6.45) is -0.490. The number of halogens is 1. The van der Waals surface area contributed by atoms with Gasteiger partial charge in [-0.1, -0.05) is 13.8 Å². The fourth-order valence-corrected chi connectivity index (χ4v) is 1.08. The summed E-state index contributed by atoms with van der Waals surface area (Å²) < 4.78 is 18.3. The van der Waals surface area contributed by atoms with Crippen molar-refractivity contribution in [3.05, 3.63) is 29.6 Å². The van der Waals surface area contributed by atoms with Crippen LogP contribution in [0.25, 0.3) is 0 Å². The van der Waals surface area contributed by atoms with E-state index in [1.807, 2.05) is 13.8 Å². The molecule has 0 aliphatic heterocycles. The summed E-state index contributed by atoms with van der Waals surface area (Å²) in [5.74, 6) is 0.506. The van der Waals surface area contributed by atoms with Crippen LogP contribution in [0.1, 0.15) is 19.4 Å². The maximum absolute atomic E-state index is 12.9. The zero-order valence-corrected chi connectivity index (χ0v) is 9.33. The van der Waals surface area contributed by atoms with Crippen molar-refractivity contribution in [2.45, 2.75) is 26.9 Å². The van der Waals surface area contributed by atoms with E-state index in [0.29, 0.717) is 11.3 Å². The van der Waals surface area contributed by atoms with Gasteiger partial charge >= 0.3 is 0 Å². The van der Waals surface area contributed by atoms with Crippen LogP contribution in [0.2, 0.25) is 0 Å². The highest BCUT2D eigenvalue weighted by atomic mass is 19.1. The van der Waals surface area contributed by atoms with Gasteiger partial charge in [0.05, 0.1) is 6.10 Å². The number of rotatable bonds is 4. The number of hydrogen-bond acceptors (Lipinski definition) is 2. The van der Waals surface area contributed by atoms with Crippen LogP contribution >= 0.6 is 0 Å². The molecule has 1 aromatic carbocycles. The lowest BCUT2D eigenvalue weighted by atomic mass is 10.1. The summed E-state index contributed by atoms with van der Waals surface area (Å²) in [6.45, 7) is 5.76. The first-order chi connectivity index (χ1) is 7.00. The number of benzene rings is 1. The Bertz CT molecular complexity index is 323. The van der Waals surface area contributed by atoms with E-state index >= 15 is 0 Å². The molecular weight excluding hydrogens is 195 g/mol. The van der Waals surface area contributed by atoms with E-state index in [-0.39, 0.29) is 18.3 Å². The highest BCUT2D eigenvalue weighted by Gasteiger charge is 2.10. The molecule has 0 aliphatic rings. The molecule has 1 rings (SSSR count). The second kappa shape index (κ2) is 5.12. The lowest BCUT2D eigenvalue weighted by Crippen LogP contribution is -2.23. The topological polar surface area (TPSA) is 29.5 Å². The van der Waals surface area contributed by atoms with Crippen LogP contribution in [0.5, 0.6) is 5.75 Å². The minimum atomic E-state index is -0.490. The van der Waals surface area contributed by atoms with Gasteiger partial charge in [-0.3, -0.25) is 0 Å². The maximum atomic E-state index is 12.9. The Kier molecular flexibility index (Phi) is 4.09. The van der Waals surface area contributed by atoms with Gasteiger partial charge in [0.1, 0.15) is 18.2 Å². The summed E-state index contributed by atoms with van der Waals surface area (Å²) in [5, 5.41) is 9.51. The molecule has 15 heavy (non-hydrogen) atoms. The monoisotopic (exact) mass is 212 g/mol. The van der Waals surface area contributed by atoms with Gasteiger partial charge in [0.2, 0.25) is 0 Å². The van der Waals surface area contributed by atoms with E-state index in [2.05, 4.69) is 0 Å². The fourth-order valence-electron chi connectivity index (χ4n) is 1.08. The highest BCUT2D eigenvalue weighted by Crippen LogP contribution is 2.16. The Morgan fingerprint density at radius 1 is 1.40 bits per heavy atom. The molecule has 0 amide bonds. The van der Waals surface area contributed by atoms with Gasteiger partial charge in [-0.05, 0) is 36.6 Å². The first-order valence-corrected chi connectivity index (χ1v) is 5.07.